The third-order valence-electron chi connectivity index (χ3n) is 3.86. The Hall–Kier alpha value is -1.28. The van der Waals surface area contributed by atoms with Gasteiger partial charge in [0, 0.05) is 11.4 Å². The van der Waals surface area contributed by atoms with Gasteiger partial charge in [0.25, 0.3) is 0 Å². The summed E-state index contributed by atoms with van der Waals surface area (Å²) in [6, 6.07) is 7.81. The summed E-state index contributed by atoms with van der Waals surface area (Å²) in [5.41, 5.74) is 1.15. The molecule has 1 aromatic rings. The van der Waals surface area contributed by atoms with Crippen molar-refractivity contribution in [1.82, 2.24) is 0 Å². The maximum Gasteiger partial charge on any atom is 0.306 e. The molecule has 1 aliphatic rings. The maximum absolute atomic E-state index is 11.6. The van der Waals surface area contributed by atoms with E-state index in [4.69, 9.17) is 16.3 Å². The fourth-order valence-electron chi connectivity index (χ4n) is 2.81. The van der Waals surface area contributed by atoms with Crippen LogP contribution < -0.4 is 0 Å². The van der Waals surface area contributed by atoms with E-state index in [1.54, 1.807) is 0 Å². The summed E-state index contributed by atoms with van der Waals surface area (Å²) in [5.74, 6) is 0.844. The van der Waals surface area contributed by atoms with E-state index in [2.05, 4.69) is 12.2 Å². The highest BCUT2D eigenvalue weighted by molar-refractivity contribution is 6.30. The predicted octanol–water partition coefficient (Wildman–Crippen LogP) is 4.72. The van der Waals surface area contributed by atoms with Crippen molar-refractivity contribution in [2.24, 2.45) is 11.8 Å². The molecule has 0 heterocycles. The van der Waals surface area contributed by atoms with Gasteiger partial charge in [0.15, 0.2) is 0 Å². The molecule has 0 spiro atoms. The first kappa shape index (κ1) is 15.1. The molecule has 2 rings (SSSR count). The van der Waals surface area contributed by atoms with Gasteiger partial charge in [-0.1, -0.05) is 42.3 Å². The van der Waals surface area contributed by atoms with Crippen molar-refractivity contribution in [3.05, 3.63) is 40.9 Å². The monoisotopic (exact) mass is 292 g/mol. The molecule has 0 amide bonds. The van der Waals surface area contributed by atoms with Gasteiger partial charge in [-0.3, -0.25) is 4.79 Å². The van der Waals surface area contributed by atoms with E-state index >= 15 is 0 Å². The van der Waals surface area contributed by atoms with Crippen LogP contribution in [0.25, 0.3) is 6.08 Å². The second-order valence-electron chi connectivity index (χ2n) is 5.27. The Morgan fingerprint density at radius 2 is 2.10 bits per heavy atom. The molecular formula is C17H21ClO2. The molecule has 0 N–H and O–H groups in total. The van der Waals surface area contributed by atoms with Gasteiger partial charge in [-0.2, -0.15) is 0 Å². The van der Waals surface area contributed by atoms with Crippen molar-refractivity contribution < 1.29 is 9.53 Å². The molecule has 1 aliphatic carbocycles. The molecule has 0 saturated heterocycles. The SMILES string of the molecule is CCOC(=O)C[C@H]1CCCC1/C=C/c1ccc(Cl)cc1. The van der Waals surface area contributed by atoms with Crippen LogP contribution in [0.3, 0.4) is 0 Å². The fourth-order valence-corrected chi connectivity index (χ4v) is 2.94. The second kappa shape index (κ2) is 7.49. The number of carbonyl (C=O) groups is 1. The van der Waals surface area contributed by atoms with Gasteiger partial charge < -0.3 is 4.74 Å². The van der Waals surface area contributed by atoms with E-state index in [1.165, 1.54) is 6.42 Å². The topological polar surface area (TPSA) is 26.3 Å². The highest BCUT2D eigenvalue weighted by Gasteiger charge is 2.27. The number of hydrogen-bond donors (Lipinski definition) is 0. The normalized spacial score (nSPS) is 22.3. The lowest BCUT2D eigenvalue weighted by Gasteiger charge is -2.15. The molecule has 1 aromatic carbocycles. The predicted molar refractivity (Wildman–Crippen MR) is 82.6 cm³/mol. The van der Waals surface area contributed by atoms with Gasteiger partial charge in [0.2, 0.25) is 0 Å². The Balaban J connectivity index is 1.93. The fraction of sp³-hybridized carbons (Fsp3) is 0.471. The molecule has 2 nitrogen and oxygen atoms in total. The minimum absolute atomic E-state index is 0.0655. The van der Waals surface area contributed by atoms with Gasteiger partial charge in [0.1, 0.15) is 0 Å². The van der Waals surface area contributed by atoms with Crippen LogP contribution in [0.4, 0.5) is 0 Å². The van der Waals surface area contributed by atoms with Crippen molar-refractivity contribution >= 4 is 23.6 Å². The lowest BCUT2D eigenvalue weighted by Crippen LogP contribution is -2.14. The number of ether oxygens (including phenoxy) is 1. The van der Waals surface area contributed by atoms with Crippen LogP contribution in [0, 0.1) is 11.8 Å². The van der Waals surface area contributed by atoms with Crippen LogP contribution in [0.2, 0.25) is 5.02 Å². The first-order chi connectivity index (χ1) is 9.69. The van der Waals surface area contributed by atoms with E-state index < -0.39 is 0 Å². The minimum Gasteiger partial charge on any atom is -0.466 e. The highest BCUT2D eigenvalue weighted by Crippen LogP contribution is 2.35. The smallest absolute Gasteiger partial charge is 0.306 e. The molecule has 1 unspecified atom stereocenters. The van der Waals surface area contributed by atoms with Gasteiger partial charge in [-0.25, -0.2) is 0 Å². The first-order valence-corrected chi connectivity index (χ1v) is 7.66. The molecule has 0 radical (unpaired) electrons. The zero-order valence-electron chi connectivity index (χ0n) is 11.8. The molecule has 2 atom stereocenters. The molecule has 0 bridgehead atoms. The van der Waals surface area contributed by atoms with Crippen LogP contribution >= 0.6 is 11.6 Å². The summed E-state index contributed by atoms with van der Waals surface area (Å²) in [4.78, 5) is 11.6. The summed E-state index contributed by atoms with van der Waals surface area (Å²) >= 11 is 5.87. The number of halogens is 1. The van der Waals surface area contributed by atoms with Crippen LogP contribution in [-0.2, 0) is 9.53 Å². The van der Waals surface area contributed by atoms with Crippen molar-refractivity contribution in [1.29, 1.82) is 0 Å². The third-order valence-corrected chi connectivity index (χ3v) is 4.11. The lowest BCUT2D eigenvalue weighted by molar-refractivity contribution is -0.144. The minimum atomic E-state index is -0.0655. The summed E-state index contributed by atoms with van der Waals surface area (Å²) in [6.07, 6.45) is 8.39. The number of hydrogen-bond acceptors (Lipinski definition) is 2. The van der Waals surface area contributed by atoms with E-state index in [0.717, 1.165) is 23.4 Å². The van der Waals surface area contributed by atoms with Crippen LogP contribution in [0.15, 0.2) is 30.3 Å². The van der Waals surface area contributed by atoms with Gasteiger partial charge in [-0.15, -0.1) is 0 Å². The standard InChI is InChI=1S/C17H21ClO2/c1-2-20-17(19)12-15-5-3-4-14(15)9-6-13-7-10-16(18)11-8-13/h6-11,14-15H,2-5,12H2,1H3/b9-6+/t14?,15-/m1/s1. The summed E-state index contributed by atoms with van der Waals surface area (Å²) in [7, 11) is 0. The highest BCUT2D eigenvalue weighted by atomic mass is 35.5. The van der Waals surface area contributed by atoms with E-state index in [9.17, 15) is 4.79 Å². The molecule has 1 saturated carbocycles. The molecule has 1 fully saturated rings. The molecular weight excluding hydrogens is 272 g/mol. The Kier molecular flexibility index (Phi) is 5.66. The number of benzene rings is 1. The lowest BCUT2D eigenvalue weighted by atomic mass is 9.92. The van der Waals surface area contributed by atoms with Crippen LogP contribution in [0.1, 0.15) is 38.2 Å². The van der Waals surface area contributed by atoms with E-state index in [0.29, 0.717) is 24.9 Å². The number of allylic oxidation sites excluding steroid dienone is 1. The Labute approximate surface area is 125 Å². The summed E-state index contributed by atoms with van der Waals surface area (Å²) in [6.45, 7) is 2.32. The largest absolute Gasteiger partial charge is 0.466 e. The molecule has 0 aromatic heterocycles. The molecule has 3 heteroatoms. The second-order valence-corrected chi connectivity index (χ2v) is 5.71. The number of rotatable bonds is 5. The molecule has 20 heavy (non-hydrogen) atoms. The van der Waals surface area contributed by atoms with E-state index in [-0.39, 0.29) is 5.97 Å². The Morgan fingerprint density at radius 1 is 1.35 bits per heavy atom. The Morgan fingerprint density at radius 3 is 2.80 bits per heavy atom. The van der Waals surface area contributed by atoms with Crippen LogP contribution in [-0.4, -0.2) is 12.6 Å². The van der Waals surface area contributed by atoms with Crippen LogP contribution in [0.5, 0.6) is 0 Å². The number of esters is 1. The average Bonchev–Trinajstić information content (AvgIpc) is 2.86. The van der Waals surface area contributed by atoms with Crippen molar-refractivity contribution in [2.75, 3.05) is 6.61 Å². The van der Waals surface area contributed by atoms with Crippen molar-refractivity contribution in [3.8, 4) is 0 Å². The van der Waals surface area contributed by atoms with E-state index in [1.807, 2.05) is 31.2 Å². The first-order valence-electron chi connectivity index (χ1n) is 7.28. The summed E-state index contributed by atoms with van der Waals surface area (Å²) in [5, 5.41) is 0.753. The quantitative estimate of drug-likeness (QED) is 0.734. The molecule has 0 aliphatic heterocycles. The zero-order chi connectivity index (χ0) is 14.4. The molecule has 108 valence electrons. The average molecular weight is 293 g/mol. The number of carbonyl (C=O) groups excluding carboxylic acids is 1. The zero-order valence-corrected chi connectivity index (χ0v) is 12.6. The van der Waals surface area contributed by atoms with Crippen molar-refractivity contribution in [3.63, 3.8) is 0 Å². The Bertz CT molecular complexity index is 464. The van der Waals surface area contributed by atoms with Gasteiger partial charge in [-0.05, 0) is 49.3 Å². The third kappa shape index (κ3) is 4.38. The van der Waals surface area contributed by atoms with Gasteiger partial charge in [0.05, 0.1) is 6.61 Å². The summed E-state index contributed by atoms with van der Waals surface area (Å²) < 4.78 is 5.05. The maximum atomic E-state index is 11.6. The van der Waals surface area contributed by atoms with Crippen molar-refractivity contribution in [2.45, 2.75) is 32.6 Å². The van der Waals surface area contributed by atoms with Gasteiger partial charge >= 0.3 is 5.97 Å².